The fraction of sp³-hybridized carbons (Fsp3) is 0.882. The maximum atomic E-state index is 12.8. The third-order valence-corrected chi connectivity index (χ3v) is 4.15. The number of carbonyl (C=O) groups excluding carboxylic acids is 1. The molecule has 1 amide bonds. The molecule has 1 rings (SSSR count). The highest BCUT2D eigenvalue weighted by Gasteiger charge is 2.41. The van der Waals surface area contributed by atoms with Crippen molar-refractivity contribution in [2.75, 3.05) is 46.3 Å². The quantitative estimate of drug-likeness (QED) is 0.424. The van der Waals surface area contributed by atoms with Crippen LogP contribution in [0.15, 0.2) is 4.99 Å². The number of hydrogen-bond acceptors (Lipinski definition) is 4. The van der Waals surface area contributed by atoms with Crippen LogP contribution in [0.1, 0.15) is 34.1 Å². The first-order valence-corrected chi connectivity index (χ1v) is 9.17. The lowest BCUT2D eigenvalue weighted by molar-refractivity contribution is -0.181. The van der Waals surface area contributed by atoms with Gasteiger partial charge in [0.2, 0.25) is 0 Å². The standard InChI is InChI=1S/C17H32F3N5O2/c1-13(17(18,19)20)24-9-11-25(12-10-24)14(21-5)22-7-6-8-23-15(26)27-16(2,3)4/h13H,6-12H2,1-5H3,(H,21,22)(H,23,26). The van der Waals surface area contributed by atoms with Gasteiger partial charge in [-0.1, -0.05) is 0 Å². The first-order valence-electron chi connectivity index (χ1n) is 9.17. The number of nitrogens with zero attached hydrogens (tertiary/aromatic N) is 3. The predicted octanol–water partition coefficient (Wildman–Crippen LogP) is 2.04. The number of ether oxygens (including phenoxy) is 1. The Morgan fingerprint density at radius 3 is 2.15 bits per heavy atom. The molecule has 1 unspecified atom stereocenters. The molecule has 1 atom stereocenters. The van der Waals surface area contributed by atoms with Crippen LogP contribution < -0.4 is 10.6 Å². The van der Waals surface area contributed by atoms with Gasteiger partial charge in [-0.2, -0.15) is 13.2 Å². The number of halogens is 3. The van der Waals surface area contributed by atoms with Gasteiger partial charge in [0.25, 0.3) is 0 Å². The number of alkyl halides is 3. The van der Waals surface area contributed by atoms with Gasteiger partial charge in [-0.05, 0) is 34.1 Å². The van der Waals surface area contributed by atoms with E-state index in [4.69, 9.17) is 4.74 Å². The van der Waals surface area contributed by atoms with E-state index >= 15 is 0 Å². The third kappa shape index (κ3) is 8.68. The van der Waals surface area contributed by atoms with Gasteiger partial charge in [0.15, 0.2) is 5.96 Å². The predicted molar refractivity (Wildman–Crippen MR) is 98.9 cm³/mol. The topological polar surface area (TPSA) is 69.2 Å². The van der Waals surface area contributed by atoms with Crippen LogP contribution in [-0.4, -0.2) is 86.0 Å². The van der Waals surface area contributed by atoms with E-state index in [1.165, 1.54) is 11.8 Å². The van der Waals surface area contributed by atoms with Crippen molar-refractivity contribution in [3.63, 3.8) is 0 Å². The van der Waals surface area contributed by atoms with E-state index in [0.29, 0.717) is 51.6 Å². The SMILES string of the molecule is CN=C(NCCCNC(=O)OC(C)(C)C)N1CCN(C(C)C(F)(F)F)CC1. The summed E-state index contributed by atoms with van der Waals surface area (Å²) in [5.74, 6) is 0.659. The van der Waals surface area contributed by atoms with Gasteiger partial charge in [-0.25, -0.2) is 4.79 Å². The first-order chi connectivity index (χ1) is 12.4. The number of guanidine groups is 1. The number of amides is 1. The summed E-state index contributed by atoms with van der Waals surface area (Å²) in [5.41, 5.74) is -0.532. The summed E-state index contributed by atoms with van der Waals surface area (Å²) in [4.78, 5) is 19.1. The molecule has 158 valence electrons. The molecule has 1 aliphatic heterocycles. The van der Waals surface area contributed by atoms with Crippen molar-refractivity contribution >= 4 is 12.1 Å². The van der Waals surface area contributed by atoms with Gasteiger partial charge in [0, 0.05) is 46.3 Å². The van der Waals surface area contributed by atoms with Crippen molar-refractivity contribution in [2.45, 2.75) is 51.9 Å². The minimum Gasteiger partial charge on any atom is -0.444 e. The van der Waals surface area contributed by atoms with Crippen molar-refractivity contribution in [1.29, 1.82) is 0 Å². The van der Waals surface area contributed by atoms with E-state index in [9.17, 15) is 18.0 Å². The zero-order chi connectivity index (χ0) is 20.7. The van der Waals surface area contributed by atoms with Crippen LogP contribution in [0, 0.1) is 0 Å². The Hall–Kier alpha value is -1.71. The molecule has 0 aliphatic carbocycles. The lowest BCUT2D eigenvalue weighted by atomic mass is 10.2. The van der Waals surface area contributed by atoms with Crippen LogP contribution in [-0.2, 0) is 4.74 Å². The monoisotopic (exact) mass is 395 g/mol. The molecular formula is C17H32F3N5O2. The van der Waals surface area contributed by atoms with Crippen LogP contribution in [0.2, 0.25) is 0 Å². The van der Waals surface area contributed by atoms with Crippen molar-refractivity contribution < 1.29 is 22.7 Å². The summed E-state index contributed by atoms with van der Waals surface area (Å²) in [7, 11) is 1.64. The number of piperazine rings is 1. The molecule has 1 heterocycles. The largest absolute Gasteiger partial charge is 0.444 e. The minimum atomic E-state index is -4.21. The van der Waals surface area contributed by atoms with E-state index in [2.05, 4.69) is 15.6 Å². The molecule has 10 heteroatoms. The Morgan fingerprint density at radius 1 is 1.11 bits per heavy atom. The number of rotatable bonds is 5. The zero-order valence-electron chi connectivity index (χ0n) is 16.8. The molecule has 0 aromatic heterocycles. The molecule has 0 aromatic carbocycles. The molecule has 0 aromatic rings. The summed E-state index contributed by atoms with van der Waals surface area (Å²) in [6.45, 7) is 9.27. The highest BCUT2D eigenvalue weighted by atomic mass is 19.4. The summed E-state index contributed by atoms with van der Waals surface area (Å²) in [6.07, 6.45) is -3.99. The van der Waals surface area contributed by atoms with Crippen molar-refractivity contribution in [3.05, 3.63) is 0 Å². The minimum absolute atomic E-state index is 0.335. The van der Waals surface area contributed by atoms with E-state index in [1.807, 2.05) is 4.90 Å². The maximum Gasteiger partial charge on any atom is 0.407 e. The maximum absolute atomic E-state index is 12.8. The molecule has 0 spiro atoms. The highest BCUT2D eigenvalue weighted by Crippen LogP contribution is 2.25. The fourth-order valence-electron chi connectivity index (χ4n) is 2.65. The van der Waals surface area contributed by atoms with Gasteiger partial charge in [0.1, 0.15) is 11.6 Å². The number of aliphatic imine (C=N–C) groups is 1. The van der Waals surface area contributed by atoms with E-state index in [0.717, 1.165) is 0 Å². The lowest BCUT2D eigenvalue weighted by Gasteiger charge is -2.39. The number of hydrogen-bond donors (Lipinski definition) is 2. The molecule has 2 N–H and O–H groups in total. The smallest absolute Gasteiger partial charge is 0.407 e. The molecule has 1 saturated heterocycles. The number of alkyl carbamates (subject to hydrolysis) is 1. The van der Waals surface area contributed by atoms with E-state index < -0.39 is 23.9 Å². The summed E-state index contributed by atoms with van der Waals surface area (Å²) >= 11 is 0. The van der Waals surface area contributed by atoms with Crippen molar-refractivity contribution in [2.24, 2.45) is 4.99 Å². The number of carbonyl (C=O) groups is 1. The van der Waals surface area contributed by atoms with Crippen LogP contribution in [0.25, 0.3) is 0 Å². The molecule has 0 saturated carbocycles. The van der Waals surface area contributed by atoms with Crippen LogP contribution in [0.3, 0.4) is 0 Å². The Kier molecular flexibility index (Phi) is 8.64. The van der Waals surface area contributed by atoms with Gasteiger partial charge >= 0.3 is 12.3 Å². The fourth-order valence-corrected chi connectivity index (χ4v) is 2.65. The van der Waals surface area contributed by atoms with Crippen molar-refractivity contribution in [3.8, 4) is 0 Å². The normalized spacial score (nSPS) is 18.2. The molecule has 7 nitrogen and oxygen atoms in total. The van der Waals surface area contributed by atoms with Crippen molar-refractivity contribution in [1.82, 2.24) is 20.4 Å². The van der Waals surface area contributed by atoms with Gasteiger partial charge in [-0.15, -0.1) is 0 Å². The molecule has 0 bridgehead atoms. The Balaban J connectivity index is 2.29. The molecule has 27 heavy (non-hydrogen) atoms. The van der Waals surface area contributed by atoms with Gasteiger partial charge < -0.3 is 20.3 Å². The van der Waals surface area contributed by atoms with Crippen LogP contribution >= 0.6 is 0 Å². The Bertz CT molecular complexity index is 498. The second kappa shape index (κ2) is 10.0. The Morgan fingerprint density at radius 2 is 1.67 bits per heavy atom. The first kappa shape index (κ1) is 23.3. The third-order valence-electron chi connectivity index (χ3n) is 4.15. The van der Waals surface area contributed by atoms with E-state index in [-0.39, 0.29) is 0 Å². The summed E-state index contributed by atoms with van der Waals surface area (Å²) in [5, 5.41) is 5.85. The lowest BCUT2D eigenvalue weighted by Crippen LogP contribution is -2.56. The summed E-state index contributed by atoms with van der Waals surface area (Å²) in [6, 6.07) is -1.44. The zero-order valence-corrected chi connectivity index (χ0v) is 16.8. The number of nitrogens with one attached hydrogen (secondary N) is 2. The van der Waals surface area contributed by atoms with Gasteiger partial charge in [0.05, 0.1) is 0 Å². The second-order valence-corrected chi connectivity index (χ2v) is 7.50. The van der Waals surface area contributed by atoms with Crippen LogP contribution in [0.4, 0.5) is 18.0 Å². The molecule has 0 radical (unpaired) electrons. The van der Waals surface area contributed by atoms with E-state index in [1.54, 1.807) is 27.8 Å². The molecule has 1 aliphatic rings. The molecular weight excluding hydrogens is 363 g/mol. The summed E-state index contributed by atoms with van der Waals surface area (Å²) < 4.78 is 43.6. The van der Waals surface area contributed by atoms with Crippen LogP contribution in [0.5, 0.6) is 0 Å². The second-order valence-electron chi connectivity index (χ2n) is 7.50. The average molecular weight is 395 g/mol. The Labute approximate surface area is 159 Å². The molecule has 1 fully saturated rings. The average Bonchev–Trinajstić information content (AvgIpc) is 2.55. The van der Waals surface area contributed by atoms with Gasteiger partial charge in [-0.3, -0.25) is 9.89 Å². The highest BCUT2D eigenvalue weighted by molar-refractivity contribution is 5.80.